The molecule has 1 aromatic rings. The highest BCUT2D eigenvalue weighted by atomic mass is 35.7. The van der Waals surface area contributed by atoms with Crippen molar-refractivity contribution in [3.8, 4) is 0 Å². The molecule has 1 aliphatic heterocycles. The minimum Gasteiger partial charge on any atom is -0.309 e. The van der Waals surface area contributed by atoms with Gasteiger partial charge in [-0.2, -0.15) is 0 Å². The number of nitrogens with zero attached hydrogens (tertiary/aromatic N) is 1. The summed E-state index contributed by atoms with van der Waals surface area (Å²) in [6.07, 6.45) is 0.494. The molecule has 1 heterocycles. The number of carbonyl (C=O) groups is 1. The number of benzene rings is 1. The second kappa shape index (κ2) is 4.20. The molecule has 0 saturated heterocycles. The van der Waals surface area contributed by atoms with Crippen molar-refractivity contribution in [2.75, 3.05) is 4.90 Å². The second-order valence-corrected chi connectivity index (χ2v) is 6.83. The van der Waals surface area contributed by atoms with Gasteiger partial charge in [0.05, 0.1) is 0 Å². The Kier molecular flexibility index (Phi) is 3.11. The van der Waals surface area contributed by atoms with Crippen LogP contribution in [0, 0.1) is 5.82 Å². The first-order valence-electron chi connectivity index (χ1n) is 5.28. The van der Waals surface area contributed by atoms with Gasteiger partial charge in [0.2, 0.25) is 5.91 Å². The molecule has 7 heteroatoms. The molecule has 4 nitrogen and oxygen atoms in total. The molecule has 0 aromatic heterocycles. The lowest BCUT2D eigenvalue weighted by Crippen LogP contribution is -2.33. The van der Waals surface area contributed by atoms with Gasteiger partial charge in [-0.3, -0.25) is 4.79 Å². The zero-order valence-corrected chi connectivity index (χ0v) is 11.3. The van der Waals surface area contributed by atoms with Gasteiger partial charge >= 0.3 is 0 Å². The van der Waals surface area contributed by atoms with Crippen molar-refractivity contribution in [3.63, 3.8) is 0 Å². The van der Waals surface area contributed by atoms with Crippen molar-refractivity contribution in [2.24, 2.45) is 0 Å². The third-order valence-electron chi connectivity index (χ3n) is 2.95. The van der Waals surface area contributed by atoms with E-state index >= 15 is 0 Å². The average Bonchev–Trinajstić information content (AvgIpc) is 2.49. The van der Waals surface area contributed by atoms with E-state index in [-0.39, 0.29) is 11.9 Å². The molecule has 98 valence electrons. The van der Waals surface area contributed by atoms with E-state index < -0.39 is 19.8 Å². The van der Waals surface area contributed by atoms with Gasteiger partial charge < -0.3 is 4.90 Å². The Balaban J connectivity index is 2.66. The standard InChI is InChI=1S/C11H11ClFNO3S/c1-6-3-8-4-9(13)11(18(12,16)17)5-10(8)14(6)7(2)15/h4-6H,3H2,1-2H3. The highest BCUT2D eigenvalue weighted by molar-refractivity contribution is 8.13. The zero-order chi connectivity index (χ0) is 13.7. The lowest BCUT2D eigenvalue weighted by molar-refractivity contribution is -0.116. The molecule has 0 aliphatic carbocycles. The van der Waals surface area contributed by atoms with Crippen LogP contribution >= 0.6 is 10.7 Å². The third kappa shape index (κ3) is 2.10. The smallest absolute Gasteiger partial charge is 0.264 e. The zero-order valence-electron chi connectivity index (χ0n) is 9.78. The summed E-state index contributed by atoms with van der Waals surface area (Å²) >= 11 is 0. The Morgan fingerprint density at radius 3 is 2.61 bits per heavy atom. The molecule has 0 saturated carbocycles. The molecule has 1 unspecified atom stereocenters. The van der Waals surface area contributed by atoms with Gasteiger partial charge in [-0.1, -0.05) is 0 Å². The van der Waals surface area contributed by atoms with Crippen molar-refractivity contribution >= 4 is 31.3 Å². The quantitative estimate of drug-likeness (QED) is 0.744. The van der Waals surface area contributed by atoms with Crippen LogP contribution in [-0.2, 0) is 20.3 Å². The topological polar surface area (TPSA) is 54.5 Å². The van der Waals surface area contributed by atoms with E-state index in [9.17, 15) is 17.6 Å². The number of amides is 1. The van der Waals surface area contributed by atoms with Crippen molar-refractivity contribution in [1.82, 2.24) is 0 Å². The summed E-state index contributed by atoms with van der Waals surface area (Å²) in [5, 5.41) is 0. The molecule has 2 rings (SSSR count). The van der Waals surface area contributed by atoms with E-state index in [1.165, 1.54) is 11.8 Å². The normalized spacial score (nSPS) is 18.9. The first kappa shape index (κ1) is 13.3. The Bertz CT molecular complexity index is 629. The number of rotatable bonds is 1. The minimum absolute atomic E-state index is 0.120. The summed E-state index contributed by atoms with van der Waals surface area (Å²) in [7, 11) is 0.996. The number of carbonyl (C=O) groups excluding carboxylic acids is 1. The summed E-state index contributed by atoms with van der Waals surface area (Å²) < 4.78 is 36.1. The molecular formula is C11H11ClFNO3S. The lowest BCUT2D eigenvalue weighted by atomic mass is 10.1. The molecule has 0 bridgehead atoms. The molecule has 0 fully saturated rings. The van der Waals surface area contributed by atoms with Crippen LogP contribution in [0.25, 0.3) is 0 Å². The van der Waals surface area contributed by atoms with Gasteiger partial charge in [0.25, 0.3) is 9.05 Å². The third-order valence-corrected chi connectivity index (χ3v) is 4.29. The van der Waals surface area contributed by atoms with Crippen LogP contribution in [0.4, 0.5) is 10.1 Å². The Labute approximate surface area is 109 Å². The van der Waals surface area contributed by atoms with Crippen LogP contribution < -0.4 is 4.90 Å². The summed E-state index contributed by atoms with van der Waals surface area (Å²) in [4.78, 5) is 12.4. The Morgan fingerprint density at radius 1 is 1.50 bits per heavy atom. The van der Waals surface area contributed by atoms with E-state index in [4.69, 9.17) is 10.7 Å². The number of hydrogen-bond acceptors (Lipinski definition) is 3. The molecule has 1 atom stereocenters. The molecule has 0 N–H and O–H groups in total. The fourth-order valence-corrected chi connectivity index (χ4v) is 3.18. The van der Waals surface area contributed by atoms with Crippen molar-refractivity contribution in [3.05, 3.63) is 23.5 Å². The fourth-order valence-electron chi connectivity index (χ4n) is 2.29. The van der Waals surface area contributed by atoms with E-state index in [1.807, 2.05) is 6.92 Å². The first-order valence-corrected chi connectivity index (χ1v) is 7.59. The summed E-state index contributed by atoms with van der Waals surface area (Å²) in [6, 6.07) is 2.13. The van der Waals surface area contributed by atoms with E-state index in [1.54, 1.807) is 0 Å². The van der Waals surface area contributed by atoms with Crippen molar-refractivity contribution in [1.29, 1.82) is 0 Å². The molecule has 0 spiro atoms. The van der Waals surface area contributed by atoms with Gasteiger partial charge in [0.1, 0.15) is 10.7 Å². The Morgan fingerprint density at radius 2 is 2.11 bits per heavy atom. The molecule has 0 radical (unpaired) electrons. The fraction of sp³-hybridized carbons (Fsp3) is 0.364. The molecule has 1 aromatic carbocycles. The number of halogens is 2. The maximum atomic E-state index is 13.6. The number of hydrogen-bond donors (Lipinski definition) is 0. The highest BCUT2D eigenvalue weighted by Gasteiger charge is 2.32. The maximum absolute atomic E-state index is 13.6. The monoisotopic (exact) mass is 291 g/mol. The maximum Gasteiger partial charge on any atom is 0.264 e. The van der Waals surface area contributed by atoms with Gasteiger partial charge in [-0.15, -0.1) is 0 Å². The van der Waals surface area contributed by atoms with Gasteiger partial charge in [0.15, 0.2) is 0 Å². The van der Waals surface area contributed by atoms with Crippen LogP contribution in [0.15, 0.2) is 17.0 Å². The first-order chi connectivity index (χ1) is 8.21. The highest BCUT2D eigenvalue weighted by Crippen LogP contribution is 2.36. The van der Waals surface area contributed by atoms with Gasteiger partial charge in [-0.05, 0) is 31.0 Å². The van der Waals surface area contributed by atoms with Crippen LogP contribution in [0.5, 0.6) is 0 Å². The summed E-state index contributed by atoms with van der Waals surface area (Å²) in [5.74, 6) is -1.10. The predicted molar refractivity (Wildman–Crippen MR) is 65.8 cm³/mol. The van der Waals surface area contributed by atoms with E-state index in [0.29, 0.717) is 17.7 Å². The van der Waals surface area contributed by atoms with Crippen LogP contribution in [-0.4, -0.2) is 20.4 Å². The van der Waals surface area contributed by atoms with Crippen LogP contribution in [0.1, 0.15) is 19.4 Å². The second-order valence-electron chi connectivity index (χ2n) is 4.29. The Hall–Kier alpha value is -1.14. The van der Waals surface area contributed by atoms with Crippen molar-refractivity contribution < 1.29 is 17.6 Å². The van der Waals surface area contributed by atoms with Gasteiger partial charge in [0, 0.05) is 29.3 Å². The predicted octanol–water partition coefficient (Wildman–Crippen LogP) is 2.05. The molecule has 1 aliphatic rings. The number of anilines is 1. The largest absolute Gasteiger partial charge is 0.309 e. The van der Waals surface area contributed by atoms with Gasteiger partial charge in [-0.25, -0.2) is 12.8 Å². The minimum atomic E-state index is -4.16. The van der Waals surface area contributed by atoms with E-state index in [2.05, 4.69) is 0 Å². The molecular weight excluding hydrogens is 281 g/mol. The number of fused-ring (bicyclic) bond motifs is 1. The van der Waals surface area contributed by atoms with E-state index in [0.717, 1.165) is 12.1 Å². The summed E-state index contributed by atoms with van der Waals surface area (Å²) in [5.41, 5.74) is 1.02. The van der Waals surface area contributed by atoms with Crippen LogP contribution in [0.3, 0.4) is 0 Å². The van der Waals surface area contributed by atoms with Crippen LogP contribution in [0.2, 0.25) is 0 Å². The molecule has 1 amide bonds. The summed E-state index contributed by atoms with van der Waals surface area (Å²) in [6.45, 7) is 3.19. The molecule has 18 heavy (non-hydrogen) atoms. The van der Waals surface area contributed by atoms with Crippen molar-refractivity contribution in [2.45, 2.75) is 31.2 Å². The lowest BCUT2D eigenvalue weighted by Gasteiger charge is -2.20. The SMILES string of the molecule is CC(=O)N1c2cc(S(=O)(=O)Cl)c(F)cc2CC1C. The average molecular weight is 292 g/mol.